The van der Waals surface area contributed by atoms with Gasteiger partial charge in [-0.25, -0.2) is 0 Å². The lowest BCUT2D eigenvalue weighted by Crippen LogP contribution is -2.42. The Hall–Kier alpha value is -3.35. The van der Waals surface area contributed by atoms with Gasteiger partial charge in [0.1, 0.15) is 5.75 Å². The van der Waals surface area contributed by atoms with Gasteiger partial charge in [0.25, 0.3) is 5.91 Å². The second-order valence-electron chi connectivity index (χ2n) is 7.72. The largest absolute Gasteiger partial charge is 0.497 e. The summed E-state index contributed by atoms with van der Waals surface area (Å²) in [4.78, 5) is 25.9. The predicted octanol–water partition coefficient (Wildman–Crippen LogP) is 4.33. The number of aryl methyl sites for hydroxylation is 1. The molecule has 3 aromatic rings. The number of amides is 2. The third-order valence-corrected chi connectivity index (χ3v) is 5.96. The van der Waals surface area contributed by atoms with Crippen LogP contribution in [0.3, 0.4) is 0 Å². The van der Waals surface area contributed by atoms with Gasteiger partial charge >= 0.3 is 5.91 Å². The summed E-state index contributed by atoms with van der Waals surface area (Å²) >= 11 is 12.4. The Morgan fingerprint density at radius 3 is 2.52 bits per heavy atom. The lowest BCUT2D eigenvalue weighted by atomic mass is 9.99. The highest BCUT2D eigenvalue weighted by Gasteiger charge is 2.47. The highest BCUT2D eigenvalue weighted by molar-refractivity contribution is 6.36. The van der Waals surface area contributed by atoms with E-state index in [4.69, 9.17) is 27.9 Å². The molecule has 1 saturated heterocycles. The van der Waals surface area contributed by atoms with Crippen molar-refractivity contribution in [3.63, 3.8) is 0 Å². The summed E-state index contributed by atoms with van der Waals surface area (Å²) in [5, 5.41) is 3.84. The van der Waals surface area contributed by atoms with E-state index in [9.17, 15) is 9.59 Å². The Morgan fingerprint density at radius 1 is 1.09 bits per heavy atom. The third kappa shape index (κ3) is 5.02. The number of hydrogen-bond donors (Lipinski definition) is 2. The van der Waals surface area contributed by atoms with Crippen molar-refractivity contribution in [3.05, 3.63) is 99.0 Å². The Kier molecular flexibility index (Phi) is 6.67. The molecule has 0 radical (unpaired) electrons. The van der Waals surface area contributed by atoms with Crippen LogP contribution in [0.15, 0.2) is 66.7 Å². The highest BCUT2D eigenvalue weighted by Crippen LogP contribution is 2.28. The maximum absolute atomic E-state index is 13.0. The van der Waals surface area contributed by atoms with E-state index in [0.717, 1.165) is 11.1 Å². The lowest BCUT2D eigenvalue weighted by molar-refractivity contribution is -0.596. The molecule has 0 saturated carbocycles. The first-order chi connectivity index (χ1) is 15.9. The Balaban J connectivity index is 1.73. The van der Waals surface area contributed by atoms with Crippen molar-refractivity contribution in [1.82, 2.24) is 10.7 Å². The number of methoxy groups -OCH3 is 1. The van der Waals surface area contributed by atoms with Gasteiger partial charge in [0.2, 0.25) is 12.3 Å². The predicted molar refractivity (Wildman–Crippen MR) is 128 cm³/mol. The molecule has 168 valence electrons. The summed E-state index contributed by atoms with van der Waals surface area (Å²) in [6, 6.07) is 18.3. The highest BCUT2D eigenvalue weighted by atomic mass is 35.5. The van der Waals surface area contributed by atoms with Crippen molar-refractivity contribution in [2.24, 2.45) is 0 Å². The molecule has 1 aliphatic heterocycles. The van der Waals surface area contributed by atoms with Gasteiger partial charge in [-0.1, -0.05) is 40.9 Å². The number of carbonyl (C=O) groups excluding carboxylic acids is 2. The zero-order chi connectivity index (χ0) is 23.5. The van der Waals surface area contributed by atoms with Crippen LogP contribution in [-0.4, -0.2) is 35.9 Å². The Bertz CT molecular complexity index is 1240. The Labute approximate surface area is 201 Å². The quantitative estimate of drug-likeness (QED) is 0.531. The number of rotatable bonds is 5. The van der Waals surface area contributed by atoms with Gasteiger partial charge in [0, 0.05) is 16.1 Å². The monoisotopic (exact) mass is 482 g/mol. The van der Waals surface area contributed by atoms with Gasteiger partial charge in [0.15, 0.2) is 6.04 Å². The number of nitrogens with one attached hydrogen (secondary N) is 2. The topological polar surface area (TPSA) is 70.4 Å². The molecule has 0 spiro atoms. The number of hydrogen-bond acceptors (Lipinski definition) is 3. The molecule has 6 nitrogen and oxygen atoms in total. The van der Waals surface area contributed by atoms with Crippen LogP contribution >= 0.6 is 23.2 Å². The molecule has 2 amide bonds. The molecule has 2 N–H and O–H groups in total. The van der Waals surface area contributed by atoms with Gasteiger partial charge < -0.3 is 10.1 Å². The van der Waals surface area contributed by atoms with Gasteiger partial charge in [-0.05, 0) is 61.5 Å². The smallest absolute Gasteiger partial charge is 0.304 e. The van der Waals surface area contributed by atoms with E-state index in [-0.39, 0.29) is 11.8 Å². The van der Waals surface area contributed by atoms with Crippen LogP contribution in [0.25, 0.3) is 0 Å². The molecule has 3 aromatic carbocycles. The molecule has 33 heavy (non-hydrogen) atoms. The van der Waals surface area contributed by atoms with Crippen LogP contribution < -0.4 is 15.5 Å². The van der Waals surface area contributed by atoms with Crippen LogP contribution in [0.4, 0.5) is 0 Å². The molecule has 1 heterocycles. The molecule has 4 rings (SSSR count). The Morgan fingerprint density at radius 2 is 1.85 bits per heavy atom. The van der Waals surface area contributed by atoms with Crippen molar-refractivity contribution < 1.29 is 19.0 Å². The second-order valence-corrected chi connectivity index (χ2v) is 8.56. The van der Waals surface area contributed by atoms with Crippen molar-refractivity contribution in [2.75, 3.05) is 7.11 Å². The van der Waals surface area contributed by atoms with Crippen molar-refractivity contribution in [2.45, 2.75) is 19.0 Å². The number of nitrogens with zero attached hydrogens (tertiary/aromatic N) is 1. The van der Waals surface area contributed by atoms with Gasteiger partial charge in [-0.3, -0.25) is 9.59 Å². The van der Waals surface area contributed by atoms with Gasteiger partial charge in [-0.2, -0.15) is 0 Å². The van der Waals surface area contributed by atoms with E-state index in [0.29, 0.717) is 26.9 Å². The van der Waals surface area contributed by atoms with Crippen LogP contribution in [0.1, 0.15) is 33.1 Å². The van der Waals surface area contributed by atoms with E-state index in [1.54, 1.807) is 48.3 Å². The number of hydrazine groups is 1. The minimum absolute atomic E-state index is 0.330. The van der Waals surface area contributed by atoms with Crippen LogP contribution in [0.2, 0.25) is 10.0 Å². The fourth-order valence-corrected chi connectivity index (χ4v) is 4.21. The molecule has 0 unspecified atom stereocenters. The third-order valence-electron chi connectivity index (χ3n) is 5.40. The van der Waals surface area contributed by atoms with Gasteiger partial charge in [0.05, 0.1) is 17.7 Å². The SMILES string of the molecule is COc1ccc([C@H]2[C@H](NC(=O)c3cccc(C)c3)C(=O)N/[N+]2=C\c2ccc(Cl)cc2Cl)cc1. The minimum atomic E-state index is -0.839. The lowest BCUT2D eigenvalue weighted by Gasteiger charge is -2.15. The van der Waals surface area contributed by atoms with Crippen LogP contribution in [0, 0.1) is 6.92 Å². The van der Waals surface area contributed by atoms with E-state index in [1.807, 2.05) is 43.3 Å². The molecular formula is C25H22Cl2N3O3+. The summed E-state index contributed by atoms with van der Waals surface area (Å²) in [6.45, 7) is 1.91. The average molecular weight is 483 g/mol. The first kappa shape index (κ1) is 22.8. The fraction of sp³-hybridized carbons (Fsp3) is 0.160. The number of benzene rings is 3. The molecule has 8 heteroatoms. The molecule has 0 bridgehead atoms. The number of hydrazone groups is 1. The van der Waals surface area contributed by atoms with Crippen LogP contribution in [0.5, 0.6) is 5.75 Å². The maximum atomic E-state index is 13.0. The van der Waals surface area contributed by atoms with Crippen molar-refractivity contribution in [3.8, 4) is 5.75 Å². The first-order valence-electron chi connectivity index (χ1n) is 10.3. The molecule has 0 aromatic heterocycles. The van der Waals surface area contributed by atoms with E-state index in [1.165, 1.54) is 0 Å². The number of ether oxygens (including phenoxy) is 1. The first-order valence-corrected chi connectivity index (χ1v) is 11.0. The maximum Gasteiger partial charge on any atom is 0.304 e. The van der Waals surface area contributed by atoms with Crippen LogP contribution in [-0.2, 0) is 4.79 Å². The standard InChI is InChI=1S/C25H21Cl2N3O3/c1-15-4-3-5-17(12-15)24(31)28-22-23(16-7-10-20(33-2)11-8-16)30(29-25(22)32)14-18-6-9-19(26)13-21(18)27/h3-14,22-23H,1-2H3,(H-,28,29,31,32)/p+1/b30-14-/t22-,23-/m0/s1. The van der Waals surface area contributed by atoms with E-state index < -0.39 is 12.1 Å². The summed E-state index contributed by atoms with van der Waals surface area (Å²) in [5.74, 6) is 0.0227. The zero-order valence-electron chi connectivity index (χ0n) is 18.0. The number of halogens is 2. The fourth-order valence-electron chi connectivity index (χ4n) is 3.75. The normalized spacial score (nSPS) is 18.8. The van der Waals surface area contributed by atoms with E-state index >= 15 is 0 Å². The molecule has 1 fully saturated rings. The summed E-state index contributed by atoms with van der Waals surface area (Å²) < 4.78 is 6.91. The minimum Gasteiger partial charge on any atom is -0.497 e. The van der Waals surface area contributed by atoms with Crippen molar-refractivity contribution in [1.29, 1.82) is 0 Å². The molecule has 1 aliphatic rings. The van der Waals surface area contributed by atoms with Gasteiger partial charge in [-0.15, -0.1) is 10.1 Å². The molecule has 0 aliphatic carbocycles. The second kappa shape index (κ2) is 9.65. The molecule has 2 atom stereocenters. The molecular weight excluding hydrogens is 461 g/mol. The summed E-state index contributed by atoms with van der Waals surface area (Å²) in [5.41, 5.74) is 5.76. The average Bonchev–Trinajstić information content (AvgIpc) is 3.10. The summed E-state index contributed by atoms with van der Waals surface area (Å²) in [7, 11) is 1.59. The van der Waals surface area contributed by atoms with E-state index in [2.05, 4.69) is 10.7 Å². The van der Waals surface area contributed by atoms with Crippen molar-refractivity contribution >= 4 is 41.2 Å². The summed E-state index contributed by atoms with van der Waals surface area (Å²) in [6.07, 6.45) is 1.73. The number of carbonyl (C=O) groups is 2. The zero-order valence-corrected chi connectivity index (χ0v) is 19.5.